The van der Waals surface area contributed by atoms with E-state index >= 15 is 0 Å². The molecule has 4 atom stereocenters. The van der Waals surface area contributed by atoms with Crippen LogP contribution in [0.2, 0.25) is 0 Å². The van der Waals surface area contributed by atoms with Gasteiger partial charge in [-0.3, -0.25) is 9.59 Å². The molecule has 1 saturated carbocycles. The maximum atomic E-state index is 13.7. The number of amides is 2. The molecule has 1 aliphatic carbocycles. The lowest BCUT2D eigenvalue weighted by atomic mass is 9.87. The van der Waals surface area contributed by atoms with Gasteiger partial charge in [0.15, 0.2) is 0 Å². The second-order valence-electron chi connectivity index (χ2n) is 9.04. The molecule has 1 heterocycles. The van der Waals surface area contributed by atoms with Gasteiger partial charge < -0.3 is 20.6 Å². The predicted octanol–water partition coefficient (Wildman–Crippen LogP) is 2.67. The number of carbonyl (C=O) groups excluding carboxylic acids is 2. The van der Waals surface area contributed by atoms with Gasteiger partial charge in [0.05, 0.1) is 0 Å². The molecule has 2 bridgehead atoms. The molecule has 2 unspecified atom stereocenters. The van der Waals surface area contributed by atoms with Crippen LogP contribution in [0.1, 0.15) is 30.9 Å². The minimum Gasteiger partial charge on any atom is -0.387 e. The van der Waals surface area contributed by atoms with E-state index < -0.39 is 12.1 Å². The monoisotopic (exact) mass is 421 g/mol. The number of nitrogens with zero attached hydrogens (tertiary/aromatic N) is 1. The quantitative estimate of drug-likeness (QED) is 0.670. The number of piperidine rings is 1. The second-order valence-corrected chi connectivity index (χ2v) is 9.04. The molecule has 0 aromatic heterocycles. The third kappa shape index (κ3) is 4.30. The second kappa shape index (κ2) is 8.71. The van der Waals surface area contributed by atoms with Crippen LogP contribution < -0.4 is 10.6 Å². The van der Waals surface area contributed by atoms with E-state index in [9.17, 15) is 14.7 Å². The third-order valence-corrected chi connectivity index (χ3v) is 6.87. The van der Waals surface area contributed by atoms with Gasteiger partial charge in [-0.1, -0.05) is 48.0 Å². The normalized spacial score (nSPS) is 24.4. The van der Waals surface area contributed by atoms with Crippen molar-refractivity contribution in [2.75, 3.05) is 25.0 Å². The van der Waals surface area contributed by atoms with Gasteiger partial charge in [-0.15, -0.1) is 0 Å². The first-order valence-electron chi connectivity index (χ1n) is 11.0. The Kier molecular flexibility index (Phi) is 6.01. The minimum atomic E-state index is -0.936. The van der Waals surface area contributed by atoms with Crippen LogP contribution in [-0.2, 0) is 15.1 Å². The van der Waals surface area contributed by atoms with E-state index in [1.165, 1.54) is 0 Å². The molecule has 31 heavy (non-hydrogen) atoms. The average molecular weight is 422 g/mol. The maximum absolute atomic E-state index is 13.7. The smallest absolute Gasteiger partial charge is 0.250 e. The lowest BCUT2D eigenvalue weighted by molar-refractivity contribution is -0.137. The van der Waals surface area contributed by atoms with Crippen LogP contribution in [0, 0.1) is 18.8 Å². The summed E-state index contributed by atoms with van der Waals surface area (Å²) in [6, 6.07) is 17.9. The number of fused-ring (bicyclic) bond motifs is 2. The number of aliphatic hydroxyl groups excluding tert-OH is 1. The highest BCUT2D eigenvalue weighted by Crippen LogP contribution is 2.38. The number of aryl methyl sites for hydroxylation is 1. The summed E-state index contributed by atoms with van der Waals surface area (Å²) in [5.41, 5.74) is 2.01. The van der Waals surface area contributed by atoms with Crippen LogP contribution in [0.5, 0.6) is 0 Å². The molecule has 2 aliphatic rings. The van der Waals surface area contributed by atoms with Gasteiger partial charge in [-0.2, -0.15) is 0 Å². The van der Waals surface area contributed by atoms with Gasteiger partial charge in [0.25, 0.3) is 0 Å². The summed E-state index contributed by atoms with van der Waals surface area (Å²) in [7, 11) is 0. The van der Waals surface area contributed by atoms with Gasteiger partial charge in [0.2, 0.25) is 11.8 Å². The number of aliphatic hydroxyl groups is 1. The van der Waals surface area contributed by atoms with Gasteiger partial charge >= 0.3 is 0 Å². The van der Waals surface area contributed by atoms with Crippen molar-refractivity contribution in [3.05, 3.63) is 65.7 Å². The zero-order valence-electron chi connectivity index (χ0n) is 18.2. The Bertz CT molecular complexity index is 917. The number of likely N-dealkylation sites (tertiary alicyclic amines) is 1. The van der Waals surface area contributed by atoms with Crippen molar-refractivity contribution in [1.82, 2.24) is 10.2 Å². The van der Waals surface area contributed by atoms with Crippen LogP contribution in [0.15, 0.2) is 54.6 Å². The number of rotatable bonds is 6. The molecule has 2 amide bonds. The number of nitrogens with one attached hydrogen (secondary N) is 2. The van der Waals surface area contributed by atoms with Gasteiger partial charge in [0, 0.05) is 24.8 Å². The van der Waals surface area contributed by atoms with Crippen LogP contribution in [0.3, 0.4) is 0 Å². The Balaban J connectivity index is 1.56. The highest BCUT2D eigenvalue weighted by Gasteiger charge is 2.46. The Labute approximate surface area is 183 Å². The lowest BCUT2D eigenvalue weighted by Crippen LogP contribution is -2.58. The first kappa shape index (κ1) is 21.4. The molecule has 0 radical (unpaired) electrons. The van der Waals surface area contributed by atoms with Crippen molar-refractivity contribution < 1.29 is 14.7 Å². The molecular formula is C25H31N3O3. The van der Waals surface area contributed by atoms with Crippen molar-refractivity contribution in [2.45, 2.75) is 38.3 Å². The van der Waals surface area contributed by atoms with E-state index in [1.54, 1.807) is 4.90 Å². The number of hydrogen-bond donors (Lipinski definition) is 3. The molecule has 0 spiro atoms. The zero-order valence-corrected chi connectivity index (χ0v) is 18.2. The minimum absolute atomic E-state index is 0.0399. The van der Waals surface area contributed by atoms with Crippen molar-refractivity contribution in [1.29, 1.82) is 0 Å². The Morgan fingerprint density at radius 1 is 1.03 bits per heavy atom. The van der Waals surface area contributed by atoms with Crippen LogP contribution in [0.4, 0.5) is 5.69 Å². The van der Waals surface area contributed by atoms with Crippen molar-refractivity contribution in [2.24, 2.45) is 11.8 Å². The first-order valence-corrected chi connectivity index (χ1v) is 11.0. The lowest BCUT2D eigenvalue weighted by Gasteiger charge is -2.40. The summed E-state index contributed by atoms with van der Waals surface area (Å²) >= 11 is 0. The fourth-order valence-electron chi connectivity index (χ4n) is 5.01. The Morgan fingerprint density at radius 3 is 2.23 bits per heavy atom. The summed E-state index contributed by atoms with van der Waals surface area (Å²) in [5, 5.41) is 16.0. The molecule has 164 valence electrons. The summed E-state index contributed by atoms with van der Waals surface area (Å²) in [4.78, 5) is 27.4. The highest BCUT2D eigenvalue weighted by molar-refractivity contribution is 5.90. The van der Waals surface area contributed by atoms with E-state index in [2.05, 4.69) is 10.6 Å². The fraction of sp³-hybridized carbons (Fsp3) is 0.440. The van der Waals surface area contributed by atoms with Gasteiger partial charge in [0.1, 0.15) is 12.1 Å². The maximum Gasteiger partial charge on any atom is 0.250 e. The molecule has 2 aromatic rings. The Hall–Kier alpha value is -2.86. The molecule has 6 heteroatoms. The van der Waals surface area contributed by atoms with Crippen LogP contribution in [-0.4, -0.2) is 47.6 Å². The number of benzene rings is 2. The van der Waals surface area contributed by atoms with Crippen molar-refractivity contribution in [3.8, 4) is 0 Å². The van der Waals surface area contributed by atoms with E-state index in [1.807, 2.05) is 68.4 Å². The van der Waals surface area contributed by atoms with Crippen LogP contribution >= 0.6 is 0 Å². The highest BCUT2D eigenvalue weighted by atomic mass is 16.3. The molecule has 2 aromatic carbocycles. The Morgan fingerprint density at radius 2 is 1.65 bits per heavy atom. The van der Waals surface area contributed by atoms with E-state index in [0.717, 1.165) is 29.7 Å². The third-order valence-electron chi connectivity index (χ3n) is 6.87. The standard InChI is InChI=1S/C25H31N3O3/c1-17-8-12-21(13-9-17)27-25(2,20-6-4-3-5-7-20)24(31)26-23-18-10-11-19(23)15-28(14-18)22(30)16-29/h3-9,12-13,18-19,23,27,29H,10-11,14-16H2,1-2H3,(H,26,31)/t18-,19+,23?,25?. The molecule has 2 fully saturated rings. The zero-order chi connectivity index (χ0) is 22.0. The SMILES string of the molecule is Cc1ccc(NC(C)(C(=O)NC2[C@@H]3CC[C@H]2CN(C(=O)CO)C3)c2ccccc2)cc1. The predicted molar refractivity (Wildman–Crippen MR) is 120 cm³/mol. The van der Waals surface area contributed by atoms with E-state index in [-0.39, 0.29) is 29.7 Å². The first-order chi connectivity index (χ1) is 14.9. The van der Waals surface area contributed by atoms with Crippen molar-refractivity contribution in [3.63, 3.8) is 0 Å². The number of carbonyl (C=O) groups is 2. The van der Waals surface area contributed by atoms with E-state index in [4.69, 9.17) is 0 Å². The average Bonchev–Trinajstić information content (AvgIpc) is 3.01. The molecule has 1 saturated heterocycles. The topological polar surface area (TPSA) is 81.7 Å². The van der Waals surface area contributed by atoms with E-state index in [0.29, 0.717) is 13.1 Å². The molecule has 3 N–H and O–H groups in total. The van der Waals surface area contributed by atoms with Gasteiger partial charge in [-0.25, -0.2) is 0 Å². The van der Waals surface area contributed by atoms with Crippen LogP contribution in [0.25, 0.3) is 0 Å². The summed E-state index contributed by atoms with van der Waals surface area (Å²) < 4.78 is 0. The van der Waals surface area contributed by atoms with Gasteiger partial charge in [-0.05, 0) is 56.2 Å². The number of anilines is 1. The number of hydrogen-bond acceptors (Lipinski definition) is 4. The summed E-state index contributed by atoms with van der Waals surface area (Å²) in [6.07, 6.45) is 1.97. The molecule has 4 rings (SSSR count). The summed E-state index contributed by atoms with van der Waals surface area (Å²) in [6.45, 7) is 4.69. The largest absolute Gasteiger partial charge is 0.387 e. The van der Waals surface area contributed by atoms with Crippen molar-refractivity contribution >= 4 is 17.5 Å². The fourth-order valence-corrected chi connectivity index (χ4v) is 5.01. The molecular weight excluding hydrogens is 390 g/mol. The molecule has 1 aliphatic heterocycles. The summed E-state index contributed by atoms with van der Waals surface area (Å²) in [5.74, 6) is 0.148. The molecule has 6 nitrogen and oxygen atoms in total.